The van der Waals surface area contributed by atoms with Crippen molar-refractivity contribution in [2.75, 3.05) is 5.32 Å². The number of esters is 1. The zero-order valence-corrected chi connectivity index (χ0v) is 17.1. The van der Waals surface area contributed by atoms with E-state index in [-0.39, 0.29) is 28.3 Å². The van der Waals surface area contributed by atoms with Gasteiger partial charge in [0.15, 0.2) is 0 Å². The summed E-state index contributed by atoms with van der Waals surface area (Å²) in [5.74, 6) is -1.27. The highest BCUT2D eigenvalue weighted by molar-refractivity contribution is 6.30. The number of nitrogens with zero attached hydrogens (tertiary/aromatic N) is 2. The zero-order chi connectivity index (χ0) is 23.1. The number of nitriles is 1. The van der Waals surface area contributed by atoms with Crippen LogP contribution in [-0.2, 0) is 4.79 Å². The fourth-order valence-electron chi connectivity index (χ4n) is 2.64. The van der Waals surface area contributed by atoms with E-state index in [2.05, 4.69) is 5.32 Å². The van der Waals surface area contributed by atoms with Gasteiger partial charge in [0.25, 0.3) is 11.6 Å². The Kier molecular flexibility index (Phi) is 6.95. The number of para-hydroxylation sites is 1. The van der Waals surface area contributed by atoms with Crippen LogP contribution in [0.2, 0.25) is 5.02 Å². The number of carbonyl (C=O) groups excluding carboxylic acids is 2. The summed E-state index contributed by atoms with van der Waals surface area (Å²) in [5.41, 5.74) is 0.265. The maximum atomic E-state index is 12.5. The van der Waals surface area contributed by atoms with Crippen LogP contribution in [0.1, 0.15) is 15.9 Å². The lowest BCUT2D eigenvalue weighted by Gasteiger charge is -2.09. The molecule has 32 heavy (non-hydrogen) atoms. The molecule has 3 rings (SSSR count). The maximum Gasteiger partial charge on any atom is 0.343 e. The maximum absolute atomic E-state index is 12.5. The van der Waals surface area contributed by atoms with Gasteiger partial charge < -0.3 is 10.1 Å². The smallest absolute Gasteiger partial charge is 0.343 e. The Labute approximate surface area is 187 Å². The van der Waals surface area contributed by atoms with Gasteiger partial charge in [0, 0.05) is 28.4 Å². The van der Waals surface area contributed by atoms with E-state index in [1.807, 2.05) is 0 Å². The first-order chi connectivity index (χ1) is 15.4. The van der Waals surface area contributed by atoms with E-state index in [0.717, 1.165) is 0 Å². The Morgan fingerprint density at radius 1 is 1.06 bits per heavy atom. The van der Waals surface area contributed by atoms with E-state index in [1.54, 1.807) is 36.4 Å². The van der Waals surface area contributed by atoms with Gasteiger partial charge in [0.05, 0.1) is 10.5 Å². The molecule has 0 radical (unpaired) electrons. The average Bonchev–Trinajstić information content (AvgIpc) is 2.79. The van der Waals surface area contributed by atoms with Crippen molar-refractivity contribution in [1.82, 2.24) is 0 Å². The SMILES string of the molecule is N#C/C(=C\c1ccccc1OC(=O)c1ccc(Cl)cc1)C(=O)Nc1cccc([N+](=O)[O-])c1. The Balaban J connectivity index is 1.83. The van der Waals surface area contributed by atoms with Gasteiger partial charge in [0.1, 0.15) is 17.4 Å². The van der Waals surface area contributed by atoms with E-state index >= 15 is 0 Å². The summed E-state index contributed by atoms with van der Waals surface area (Å²) in [6, 6.07) is 19.6. The summed E-state index contributed by atoms with van der Waals surface area (Å²) in [7, 11) is 0. The number of ether oxygens (including phenoxy) is 1. The molecule has 0 spiro atoms. The monoisotopic (exact) mass is 447 g/mol. The Morgan fingerprint density at radius 2 is 1.78 bits per heavy atom. The molecule has 0 aliphatic carbocycles. The lowest BCUT2D eigenvalue weighted by molar-refractivity contribution is -0.384. The highest BCUT2D eigenvalue weighted by Gasteiger charge is 2.15. The van der Waals surface area contributed by atoms with Crippen molar-refractivity contribution in [2.24, 2.45) is 0 Å². The summed E-state index contributed by atoms with van der Waals surface area (Å²) in [4.78, 5) is 35.2. The topological polar surface area (TPSA) is 122 Å². The van der Waals surface area contributed by atoms with Crippen molar-refractivity contribution >= 4 is 40.9 Å². The third-order valence-electron chi connectivity index (χ3n) is 4.18. The number of halogens is 1. The zero-order valence-electron chi connectivity index (χ0n) is 16.3. The lowest BCUT2D eigenvalue weighted by Crippen LogP contribution is -2.14. The fourth-order valence-corrected chi connectivity index (χ4v) is 2.76. The second-order valence-electron chi connectivity index (χ2n) is 6.37. The van der Waals surface area contributed by atoms with Gasteiger partial charge in [-0.15, -0.1) is 0 Å². The highest BCUT2D eigenvalue weighted by Crippen LogP contribution is 2.24. The highest BCUT2D eigenvalue weighted by atomic mass is 35.5. The molecule has 0 saturated carbocycles. The average molecular weight is 448 g/mol. The second kappa shape index (κ2) is 10.0. The number of benzene rings is 3. The van der Waals surface area contributed by atoms with Gasteiger partial charge >= 0.3 is 5.97 Å². The molecule has 0 heterocycles. The molecule has 0 aliphatic heterocycles. The minimum Gasteiger partial charge on any atom is -0.422 e. The number of non-ortho nitro benzene ring substituents is 1. The molecule has 0 aliphatic rings. The van der Waals surface area contributed by atoms with E-state index in [4.69, 9.17) is 16.3 Å². The molecule has 0 unspecified atom stereocenters. The van der Waals surface area contributed by atoms with Gasteiger partial charge in [0.2, 0.25) is 0 Å². The van der Waals surface area contributed by atoms with E-state index in [0.29, 0.717) is 10.6 Å². The molecule has 9 heteroatoms. The molecule has 3 aromatic rings. The summed E-state index contributed by atoms with van der Waals surface area (Å²) >= 11 is 5.83. The summed E-state index contributed by atoms with van der Waals surface area (Å²) in [6.45, 7) is 0. The minimum atomic E-state index is -0.771. The van der Waals surface area contributed by atoms with Crippen LogP contribution in [0.25, 0.3) is 6.08 Å². The molecule has 1 amide bonds. The van der Waals surface area contributed by atoms with Crippen molar-refractivity contribution in [3.63, 3.8) is 0 Å². The van der Waals surface area contributed by atoms with Crippen molar-refractivity contribution in [3.05, 3.63) is 105 Å². The minimum absolute atomic E-state index is 0.142. The Bertz CT molecular complexity index is 1260. The number of nitro groups is 1. The Hall–Kier alpha value is -4.48. The third-order valence-corrected chi connectivity index (χ3v) is 4.43. The first-order valence-electron chi connectivity index (χ1n) is 9.12. The summed E-state index contributed by atoms with van der Waals surface area (Å²) in [6.07, 6.45) is 1.26. The second-order valence-corrected chi connectivity index (χ2v) is 6.80. The van der Waals surface area contributed by atoms with Gasteiger partial charge in [-0.25, -0.2) is 4.79 Å². The first-order valence-corrected chi connectivity index (χ1v) is 9.49. The lowest BCUT2D eigenvalue weighted by atomic mass is 10.1. The molecule has 8 nitrogen and oxygen atoms in total. The molecule has 0 aromatic heterocycles. The molecular formula is C23H14ClN3O5. The third kappa shape index (κ3) is 5.56. The molecule has 0 atom stereocenters. The predicted octanol–water partition coefficient (Wildman–Crippen LogP) is 5.01. The van der Waals surface area contributed by atoms with Crippen LogP contribution in [-0.4, -0.2) is 16.8 Å². The first kappa shape index (κ1) is 22.2. The Morgan fingerprint density at radius 3 is 2.47 bits per heavy atom. The number of carbonyl (C=O) groups is 2. The van der Waals surface area contributed by atoms with Crippen molar-refractivity contribution in [2.45, 2.75) is 0 Å². The van der Waals surface area contributed by atoms with Crippen LogP contribution in [0.5, 0.6) is 5.75 Å². The molecule has 0 bridgehead atoms. The molecule has 0 saturated heterocycles. The van der Waals surface area contributed by atoms with E-state index in [1.165, 1.54) is 48.5 Å². The number of nitrogens with one attached hydrogen (secondary N) is 1. The van der Waals surface area contributed by atoms with Crippen LogP contribution < -0.4 is 10.1 Å². The van der Waals surface area contributed by atoms with Gasteiger partial charge in [-0.1, -0.05) is 35.9 Å². The largest absolute Gasteiger partial charge is 0.422 e. The quantitative estimate of drug-likeness (QED) is 0.141. The van der Waals surface area contributed by atoms with Gasteiger partial charge in [-0.2, -0.15) is 5.26 Å². The normalized spacial score (nSPS) is 10.7. The van der Waals surface area contributed by atoms with Crippen LogP contribution in [0.4, 0.5) is 11.4 Å². The molecular weight excluding hydrogens is 434 g/mol. The molecule has 1 N–H and O–H groups in total. The van der Waals surface area contributed by atoms with Gasteiger partial charge in [-0.05, 0) is 42.5 Å². The van der Waals surface area contributed by atoms with Crippen LogP contribution in [0, 0.1) is 21.4 Å². The van der Waals surface area contributed by atoms with E-state index in [9.17, 15) is 25.0 Å². The van der Waals surface area contributed by atoms with Crippen LogP contribution in [0.15, 0.2) is 78.4 Å². The standard InChI is InChI=1S/C23H14ClN3O5/c24-18-10-8-15(9-11-18)23(29)32-21-7-2-1-4-16(21)12-17(14-25)22(28)26-19-5-3-6-20(13-19)27(30)31/h1-13H,(H,26,28)/b17-12+. The number of rotatable bonds is 6. The van der Waals surface area contributed by atoms with Crippen molar-refractivity contribution in [1.29, 1.82) is 5.26 Å². The summed E-state index contributed by atoms with van der Waals surface area (Å²) < 4.78 is 5.41. The van der Waals surface area contributed by atoms with Crippen LogP contribution >= 0.6 is 11.6 Å². The molecule has 158 valence electrons. The molecule has 3 aromatic carbocycles. The number of hydrogen-bond acceptors (Lipinski definition) is 6. The number of anilines is 1. The molecule has 0 fully saturated rings. The van der Waals surface area contributed by atoms with Gasteiger partial charge in [-0.3, -0.25) is 14.9 Å². The van der Waals surface area contributed by atoms with Crippen molar-refractivity contribution in [3.8, 4) is 11.8 Å². The number of amides is 1. The predicted molar refractivity (Wildman–Crippen MR) is 118 cm³/mol. The van der Waals surface area contributed by atoms with Crippen LogP contribution in [0.3, 0.4) is 0 Å². The fraction of sp³-hybridized carbons (Fsp3) is 0. The van der Waals surface area contributed by atoms with E-state index < -0.39 is 16.8 Å². The number of hydrogen-bond donors (Lipinski definition) is 1. The summed E-state index contributed by atoms with van der Waals surface area (Å²) in [5, 5.41) is 23.3. The van der Waals surface area contributed by atoms with Crippen molar-refractivity contribution < 1.29 is 19.2 Å². The number of nitro benzene ring substituents is 1.